The van der Waals surface area contributed by atoms with Crippen molar-refractivity contribution in [3.63, 3.8) is 0 Å². The standard InChI is InChI=1S/C12H15Cl2N3O3/c13-8-5-9(14)12(17-6-8)20-4-2-16-11(18)10-7-15-1-3-19-10/h5-6,10,15H,1-4,7H2,(H,16,18)/t10-/m0/s1. The van der Waals surface area contributed by atoms with Gasteiger partial charge in [0.1, 0.15) is 17.7 Å². The van der Waals surface area contributed by atoms with Gasteiger partial charge in [-0.05, 0) is 6.07 Å². The number of nitrogens with one attached hydrogen (secondary N) is 2. The number of carbonyl (C=O) groups is 1. The van der Waals surface area contributed by atoms with Crippen molar-refractivity contribution in [1.29, 1.82) is 0 Å². The number of halogens is 2. The first-order valence-corrected chi connectivity index (χ1v) is 6.96. The monoisotopic (exact) mass is 319 g/mol. The van der Waals surface area contributed by atoms with E-state index in [0.29, 0.717) is 35.6 Å². The van der Waals surface area contributed by atoms with Crippen molar-refractivity contribution in [2.75, 3.05) is 32.8 Å². The molecule has 6 nitrogen and oxygen atoms in total. The van der Waals surface area contributed by atoms with E-state index in [4.69, 9.17) is 32.7 Å². The van der Waals surface area contributed by atoms with Crippen LogP contribution in [0.25, 0.3) is 0 Å². The Bertz CT molecular complexity index is 467. The van der Waals surface area contributed by atoms with Crippen molar-refractivity contribution < 1.29 is 14.3 Å². The Morgan fingerprint density at radius 1 is 1.60 bits per heavy atom. The molecule has 2 rings (SSSR count). The predicted molar refractivity (Wildman–Crippen MR) is 75.4 cm³/mol. The average Bonchev–Trinajstić information content (AvgIpc) is 2.46. The normalized spacial score (nSPS) is 18.6. The van der Waals surface area contributed by atoms with Gasteiger partial charge in [0.2, 0.25) is 5.88 Å². The van der Waals surface area contributed by atoms with E-state index in [-0.39, 0.29) is 12.5 Å². The maximum absolute atomic E-state index is 11.7. The molecule has 110 valence electrons. The summed E-state index contributed by atoms with van der Waals surface area (Å²) in [6.07, 6.45) is 1.00. The molecule has 8 heteroatoms. The van der Waals surface area contributed by atoms with E-state index in [1.807, 2.05) is 0 Å². The first-order valence-electron chi connectivity index (χ1n) is 6.20. The van der Waals surface area contributed by atoms with Crippen LogP contribution in [0.2, 0.25) is 10.0 Å². The van der Waals surface area contributed by atoms with Crippen molar-refractivity contribution in [3.05, 3.63) is 22.3 Å². The molecular weight excluding hydrogens is 305 g/mol. The fourth-order valence-corrected chi connectivity index (χ4v) is 2.11. The molecular formula is C12H15Cl2N3O3. The highest BCUT2D eigenvalue weighted by molar-refractivity contribution is 6.35. The van der Waals surface area contributed by atoms with Crippen LogP contribution < -0.4 is 15.4 Å². The van der Waals surface area contributed by atoms with Crippen LogP contribution in [0, 0.1) is 0 Å². The highest BCUT2D eigenvalue weighted by Gasteiger charge is 2.20. The van der Waals surface area contributed by atoms with Crippen LogP contribution in [0.15, 0.2) is 12.3 Å². The average molecular weight is 320 g/mol. The second-order valence-electron chi connectivity index (χ2n) is 4.14. The van der Waals surface area contributed by atoms with Gasteiger partial charge >= 0.3 is 0 Å². The maximum atomic E-state index is 11.7. The van der Waals surface area contributed by atoms with E-state index < -0.39 is 6.10 Å². The lowest BCUT2D eigenvalue weighted by Crippen LogP contribution is -2.48. The van der Waals surface area contributed by atoms with Crippen molar-refractivity contribution in [1.82, 2.24) is 15.6 Å². The summed E-state index contributed by atoms with van der Waals surface area (Å²) in [5.74, 6) is 0.136. The van der Waals surface area contributed by atoms with Crippen LogP contribution in [-0.2, 0) is 9.53 Å². The molecule has 1 aliphatic heterocycles. The Balaban J connectivity index is 1.69. The maximum Gasteiger partial charge on any atom is 0.250 e. The number of ether oxygens (including phenoxy) is 2. The molecule has 1 saturated heterocycles. The number of hydrogen-bond acceptors (Lipinski definition) is 5. The molecule has 1 fully saturated rings. The number of amides is 1. The molecule has 0 aromatic carbocycles. The van der Waals surface area contributed by atoms with Crippen LogP contribution in [-0.4, -0.2) is 49.8 Å². The lowest BCUT2D eigenvalue weighted by molar-refractivity contribution is -0.134. The third-order valence-corrected chi connectivity index (χ3v) is 3.11. The Morgan fingerprint density at radius 3 is 3.15 bits per heavy atom. The molecule has 0 spiro atoms. The molecule has 0 radical (unpaired) electrons. The predicted octanol–water partition coefficient (Wildman–Crippen LogP) is 0.872. The van der Waals surface area contributed by atoms with Crippen LogP contribution in [0.4, 0.5) is 0 Å². The summed E-state index contributed by atoms with van der Waals surface area (Å²) in [4.78, 5) is 15.7. The Morgan fingerprint density at radius 2 is 2.45 bits per heavy atom. The number of carbonyl (C=O) groups excluding carboxylic acids is 1. The largest absolute Gasteiger partial charge is 0.475 e. The fourth-order valence-electron chi connectivity index (χ4n) is 1.68. The number of rotatable bonds is 5. The molecule has 20 heavy (non-hydrogen) atoms. The third kappa shape index (κ3) is 4.49. The Hall–Kier alpha value is -1.08. The number of pyridine rings is 1. The number of hydrogen-bond donors (Lipinski definition) is 2. The van der Waals surface area contributed by atoms with E-state index in [9.17, 15) is 4.79 Å². The summed E-state index contributed by atoms with van der Waals surface area (Å²) in [6.45, 7) is 2.45. The van der Waals surface area contributed by atoms with E-state index in [0.717, 1.165) is 6.54 Å². The second kappa shape index (κ2) is 7.64. The van der Waals surface area contributed by atoms with Crippen LogP contribution in [0.3, 0.4) is 0 Å². The summed E-state index contributed by atoms with van der Waals surface area (Å²) >= 11 is 11.6. The molecule has 0 unspecified atom stereocenters. The van der Waals surface area contributed by atoms with Crippen LogP contribution in [0.1, 0.15) is 0 Å². The van der Waals surface area contributed by atoms with Crippen molar-refractivity contribution in [2.45, 2.75) is 6.10 Å². The topological polar surface area (TPSA) is 72.5 Å². The summed E-state index contributed by atoms with van der Waals surface area (Å²) in [7, 11) is 0. The molecule has 2 N–H and O–H groups in total. The summed E-state index contributed by atoms with van der Waals surface area (Å²) in [6, 6.07) is 1.55. The lowest BCUT2D eigenvalue weighted by atomic mass is 10.3. The number of morpholine rings is 1. The minimum absolute atomic E-state index is 0.157. The molecule has 0 saturated carbocycles. The van der Waals surface area contributed by atoms with Crippen molar-refractivity contribution in [2.24, 2.45) is 0 Å². The number of aromatic nitrogens is 1. The quantitative estimate of drug-likeness (QED) is 0.788. The fraction of sp³-hybridized carbons (Fsp3) is 0.500. The van der Waals surface area contributed by atoms with E-state index >= 15 is 0 Å². The summed E-state index contributed by atoms with van der Waals surface area (Å²) in [5, 5.41) is 6.59. The van der Waals surface area contributed by atoms with Gasteiger partial charge in [-0.3, -0.25) is 4.79 Å². The molecule has 1 aliphatic rings. The molecule has 0 aliphatic carbocycles. The van der Waals surface area contributed by atoms with Crippen LogP contribution in [0.5, 0.6) is 5.88 Å². The molecule has 1 atom stereocenters. The summed E-state index contributed by atoms with van der Waals surface area (Å²) < 4.78 is 10.7. The lowest BCUT2D eigenvalue weighted by Gasteiger charge is -2.22. The molecule has 2 heterocycles. The van der Waals surface area contributed by atoms with Gasteiger partial charge in [0.25, 0.3) is 5.91 Å². The Labute approximate surface area is 126 Å². The van der Waals surface area contributed by atoms with Gasteiger partial charge in [-0.25, -0.2) is 4.98 Å². The first kappa shape index (κ1) is 15.3. The minimum atomic E-state index is -0.444. The van der Waals surface area contributed by atoms with Crippen LogP contribution >= 0.6 is 23.2 Å². The van der Waals surface area contributed by atoms with E-state index in [1.165, 1.54) is 6.20 Å². The molecule has 1 aromatic heterocycles. The van der Waals surface area contributed by atoms with Crippen molar-refractivity contribution in [3.8, 4) is 5.88 Å². The van der Waals surface area contributed by atoms with Gasteiger partial charge in [0.15, 0.2) is 0 Å². The number of nitrogens with zero attached hydrogens (tertiary/aromatic N) is 1. The van der Waals surface area contributed by atoms with Gasteiger partial charge in [-0.1, -0.05) is 23.2 Å². The van der Waals surface area contributed by atoms with Gasteiger partial charge < -0.3 is 20.1 Å². The van der Waals surface area contributed by atoms with Crippen molar-refractivity contribution >= 4 is 29.1 Å². The zero-order valence-electron chi connectivity index (χ0n) is 10.7. The zero-order chi connectivity index (χ0) is 14.4. The molecule has 1 aromatic rings. The van der Waals surface area contributed by atoms with E-state index in [1.54, 1.807) is 6.07 Å². The minimum Gasteiger partial charge on any atom is -0.475 e. The first-order chi connectivity index (χ1) is 9.66. The van der Waals surface area contributed by atoms with Gasteiger partial charge in [-0.2, -0.15) is 0 Å². The smallest absolute Gasteiger partial charge is 0.250 e. The second-order valence-corrected chi connectivity index (χ2v) is 4.99. The van der Waals surface area contributed by atoms with E-state index in [2.05, 4.69) is 15.6 Å². The van der Waals surface area contributed by atoms with Gasteiger partial charge in [-0.15, -0.1) is 0 Å². The summed E-state index contributed by atoms with van der Waals surface area (Å²) in [5.41, 5.74) is 0. The highest BCUT2D eigenvalue weighted by Crippen LogP contribution is 2.24. The Kier molecular flexibility index (Phi) is 5.85. The zero-order valence-corrected chi connectivity index (χ0v) is 12.2. The molecule has 0 bridgehead atoms. The SMILES string of the molecule is O=C(NCCOc1ncc(Cl)cc1Cl)[C@@H]1CNCCO1. The van der Waals surface area contributed by atoms with Gasteiger partial charge in [0, 0.05) is 19.3 Å². The molecule has 1 amide bonds. The third-order valence-electron chi connectivity index (χ3n) is 2.63. The highest BCUT2D eigenvalue weighted by atomic mass is 35.5. The van der Waals surface area contributed by atoms with Gasteiger partial charge in [0.05, 0.1) is 18.2 Å².